The number of nitrogens with zero attached hydrogens (tertiary/aromatic N) is 3. The van der Waals surface area contributed by atoms with Crippen LogP contribution in [0.15, 0.2) is 9.98 Å². The fourth-order valence-electron chi connectivity index (χ4n) is 4.79. The van der Waals surface area contributed by atoms with Gasteiger partial charge in [0.1, 0.15) is 18.1 Å². The highest BCUT2D eigenvalue weighted by Crippen LogP contribution is 2.24. The number of nitrogens with two attached hydrogens (primary N) is 5. The molecule has 2 rings (SSSR count). The summed E-state index contributed by atoms with van der Waals surface area (Å²) in [7, 11) is 0. The maximum atomic E-state index is 13.3. The maximum Gasteiger partial charge on any atom is 0.253 e. The van der Waals surface area contributed by atoms with Gasteiger partial charge in [0.15, 0.2) is 24.1 Å². The van der Waals surface area contributed by atoms with E-state index < -0.39 is 54.0 Å². The minimum Gasteiger partial charge on any atom is -0.370 e. The van der Waals surface area contributed by atoms with Gasteiger partial charge in [0.25, 0.3) is 11.8 Å². The van der Waals surface area contributed by atoms with Crippen molar-refractivity contribution in [3.63, 3.8) is 0 Å². The molecule has 2 fully saturated rings. The van der Waals surface area contributed by atoms with Crippen LogP contribution in [0.25, 0.3) is 0 Å². The Morgan fingerprint density at radius 1 is 0.860 bits per heavy atom. The van der Waals surface area contributed by atoms with E-state index in [9.17, 15) is 24.0 Å². The van der Waals surface area contributed by atoms with Gasteiger partial charge < -0.3 is 54.3 Å². The molecule has 0 spiro atoms. The van der Waals surface area contributed by atoms with Gasteiger partial charge in [-0.15, -0.1) is 0 Å². The van der Waals surface area contributed by atoms with Gasteiger partial charge in [-0.3, -0.25) is 34.0 Å². The first-order valence-corrected chi connectivity index (χ1v) is 14.6. The van der Waals surface area contributed by atoms with Crippen LogP contribution < -0.4 is 44.6 Å². The van der Waals surface area contributed by atoms with Crippen molar-refractivity contribution >= 4 is 41.5 Å². The van der Waals surface area contributed by atoms with Crippen molar-refractivity contribution in [2.45, 2.75) is 89.1 Å². The molecule has 17 nitrogen and oxygen atoms in total. The summed E-state index contributed by atoms with van der Waals surface area (Å²) in [5.74, 6) is -2.72. The summed E-state index contributed by atoms with van der Waals surface area (Å²) in [4.78, 5) is 73.0. The SMILES string of the molecule is CC(C)CC(NC(=O)C1OC1C(=O)NC(CCCN=C(N)N)C(=O)N1CCCC1C(N)=O)C(=O)NCCCCN=C(N)N. The fourth-order valence-corrected chi connectivity index (χ4v) is 4.79. The first-order chi connectivity index (χ1) is 20.3. The molecule has 2 heterocycles. The van der Waals surface area contributed by atoms with Crippen molar-refractivity contribution in [1.82, 2.24) is 20.9 Å². The number of guanidine groups is 2. The number of carbonyl (C=O) groups is 5. The van der Waals surface area contributed by atoms with Crippen LogP contribution in [0.1, 0.15) is 58.8 Å². The van der Waals surface area contributed by atoms with Gasteiger partial charge in [0.05, 0.1) is 0 Å². The van der Waals surface area contributed by atoms with E-state index in [1.807, 2.05) is 13.8 Å². The molecule has 43 heavy (non-hydrogen) atoms. The predicted molar refractivity (Wildman–Crippen MR) is 159 cm³/mol. The zero-order valence-corrected chi connectivity index (χ0v) is 24.9. The summed E-state index contributed by atoms with van der Waals surface area (Å²) in [6.07, 6.45) is 1.000. The Kier molecular flexibility index (Phi) is 13.9. The molecular formula is C26H47N11O6. The molecule has 13 N–H and O–H groups in total. The molecule has 0 aromatic rings. The standard InChI is InChI=1S/C26H47N11O6/c1-14(2)13-16(21(39)32-9-3-4-10-33-25(28)29)36-23(41)19-18(43-19)22(40)35-15(7-5-11-34-26(30)31)24(42)37-12-6-8-17(37)20(27)38/h14-19H,3-13H2,1-2H3,(H2,27,38)(H,32,39)(H,35,40)(H,36,41)(H4,28,29,33)(H4,30,31,34). The second kappa shape index (κ2) is 17.1. The summed E-state index contributed by atoms with van der Waals surface area (Å²) in [6.45, 7) is 5.20. The third kappa shape index (κ3) is 11.9. The first-order valence-electron chi connectivity index (χ1n) is 14.6. The number of unbranched alkanes of at least 4 members (excludes halogenated alkanes) is 1. The van der Waals surface area contributed by atoms with Crippen LogP contribution >= 0.6 is 0 Å². The minimum absolute atomic E-state index is 0.00584. The average Bonchev–Trinajstić information content (AvgIpc) is 3.58. The fraction of sp³-hybridized carbons (Fsp3) is 0.731. The van der Waals surface area contributed by atoms with Gasteiger partial charge in [0.2, 0.25) is 17.7 Å². The molecule has 5 atom stereocenters. The predicted octanol–water partition coefficient (Wildman–Crippen LogP) is -3.53. The summed E-state index contributed by atoms with van der Waals surface area (Å²) >= 11 is 0. The lowest BCUT2D eigenvalue weighted by Crippen LogP contribution is -2.54. The third-order valence-electron chi connectivity index (χ3n) is 6.95. The second-order valence-corrected chi connectivity index (χ2v) is 11.1. The normalized spacial score (nSPS) is 20.4. The minimum atomic E-state index is -1.14. The van der Waals surface area contributed by atoms with E-state index in [4.69, 9.17) is 33.4 Å². The quantitative estimate of drug-likeness (QED) is 0.0328. The number of hydrogen-bond acceptors (Lipinski definition) is 8. The number of aliphatic imine (C=N–C) groups is 2. The lowest BCUT2D eigenvalue weighted by Gasteiger charge is -2.27. The molecule has 0 saturated carbocycles. The number of rotatable bonds is 18. The van der Waals surface area contributed by atoms with Gasteiger partial charge in [-0.1, -0.05) is 13.8 Å². The Balaban J connectivity index is 1.96. The highest BCUT2D eigenvalue weighted by Gasteiger charge is 2.52. The third-order valence-corrected chi connectivity index (χ3v) is 6.95. The smallest absolute Gasteiger partial charge is 0.253 e. The van der Waals surface area contributed by atoms with Crippen molar-refractivity contribution < 1.29 is 28.7 Å². The van der Waals surface area contributed by atoms with E-state index in [-0.39, 0.29) is 36.7 Å². The zero-order chi connectivity index (χ0) is 32.1. The van der Waals surface area contributed by atoms with E-state index in [0.717, 1.165) is 0 Å². The van der Waals surface area contributed by atoms with Crippen LogP contribution in [0.3, 0.4) is 0 Å². The summed E-state index contributed by atoms with van der Waals surface area (Å²) in [5.41, 5.74) is 26.8. The molecule has 5 amide bonds. The number of nitrogens with one attached hydrogen (secondary N) is 3. The molecule has 0 radical (unpaired) electrons. The molecule has 2 saturated heterocycles. The van der Waals surface area contributed by atoms with E-state index in [1.165, 1.54) is 4.90 Å². The number of likely N-dealkylation sites (tertiary alicyclic amines) is 1. The number of primary amides is 1. The van der Waals surface area contributed by atoms with E-state index in [1.54, 1.807) is 0 Å². The Labute approximate surface area is 251 Å². The lowest BCUT2D eigenvalue weighted by molar-refractivity contribution is -0.140. The number of carbonyl (C=O) groups excluding carboxylic acids is 5. The van der Waals surface area contributed by atoms with Gasteiger partial charge in [-0.25, -0.2) is 0 Å². The Morgan fingerprint density at radius 3 is 2.00 bits per heavy atom. The van der Waals surface area contributed by atoms with E-state index in [0.29, 0.717) is 58.2 Å². The number of hydrogen-bond donors (Lipinski definition) is 8. The van der Waals surface area contributed by atoms with Crippen molar-refractivity contribution in [1.29, 1.82) is 0 Å². The summed E-state index contributed by atoms with van der Waals surface area (Å²) in [5, 5.41) is 8.12. The van der Waals surface area contributed by atoms with Crippen LogP contribution in [0.2, 0.25) is 0 Å². The molecule has 5 unspecified atom stereocenters. The van der Waals surface area contributed by atoms with Gasteiger partial charge in [-0.2, -0.15) is 0 Å². The van der Waals surface area contributed by atoms with E-state index in [2.05, 4.69) is 25.9 Å². The molecule has 0 bridgehead atoms. The van der Waals surface area contributed by atoms with Crippen molar-refractivity contribution in [2.24, 2.45) is 44.6 Å². The molecule has 0 aromatic heterocycles. The highest BCUT2D eigenvalue weighted by molar-refractivity contribution is 5.99. The second-order valence-electron chi connectivity index (χ2n) is 11.1. The van der Waals surface area contributed by atoms with Crippen LogP contribution in [0.4, 0.5) is 0 Å². The van der Waals surface area contributed by atoms with Crippen molar-refractivity contribution in [3.05, 3.63) is 0 Å². The zero-order valence-electron chi connectivity index (χ0n) is 24.9. The van der Waals surface area contributed by atoms with Crippen LogP contribution in [-0.2, 0) is 28.7 Å². The molecule has 242 valence electrons. The number of epoxide rings is 1. The van der Waals surface area contributed by atoms with Gasteiger partial charge in [0, 0.05) is 26.2 Å². The summed E-state index contributed by atoms with van der Waals surface area (Å²) < 4.78 is 5.35. The topological polar surface area (TPSA) is 292 Å². The molecule has 17 heteroatoms. The number of amides is 5. The molecule has 2 aliphatic heterocycles. The average molecular weight is 610 g/mol. The highest BCUT2D eigenvalue weighted by atomic mass is 16.6. The Morgan fingerprint density at radius 2 is 1.44 bits per heavy atom. The molecule has 0 aromatic carbocycles. The largest absolute Gasteiger partial charge is 0.370 e. The van der Waals surface area contributed by atoms with Crippen molar-refractivity contribution in [3.8, 4) is 0 Å². The molecular weight excluding hydrogens is 562 g/mol. The Bertz CT molecular complexity index is 1060. The maximum absolute atomic E-state index is 13.3. The van der Waals surface area contributed by atoms with Crippen LogP contribution in [0, 0.1) is 5.92 Å². The number of ether oxygens (including phenoxy) is 1. The molecule has 2 aliphatic rings. The molecule has 0 aliphatic carbocycles. The van der Waals surface area contributed by atoms with Crippen LogP contribution in [0.5, 0.6) is 0 Å². The Hall–Kier alpha value is -4.15. The van der Waals surface area contributed by atoms with E-state index >= 15 is 0 Å². The summed E-state index contributed by atoms with van der Waals surface area (Å²) in [6, 6.07) is -2.60. The van der Waals surface area contributed by atoms with Gasteiger partial charge >= 0.3 is 0 Å². The monoisotopic (exact) mass is 609 g/mol. The van der Waals surface area contributed by atoms with Gasteiger partial charge in [-0.05, 0) is 50.9 Å². The van der Waals surface area contributed by atoms with Crippen molar-refractivity contribution in [2.75, 3.05) is 26.2 Å². The first kappa shape index (κ1) is 35.0. The lowest BCUT2D eigenvalue weighted by atomic mass is 10.0. The van der Waals surface area contributed by atoms with Crippen LogP contribution in [-0.4, -0.2) is 103 Å².